The van der Waals surface area contributed by atoms with Crippen molar-refractivity contribution in [3.05, 3.63) is 59.7 Å². The number of primary sulfonamides is 1. The molecule has 0 fully saturated rings. The van der Waals surface area contributed by atoms with E-state index in [0.717, 1.165) is 31.0 Å². The maximum Gasteiger partial charge on any atom is 0.251 e. The smallest absolute Gasteiger partial charge is 0.251 e. The molecule has 3 aromatic carbocycles. The van der Waals surface area contributed by atoms with Crippen molar-refractivity contribution in [2.45, 2.75) is 37.1 Å². The second kappa shape index (κ2) is 11.3. The first kappa shape index (κ1) is 28.5. The standard InChI is InChI=1S/C27H31N7O5S/c1-14(28)4-2-3-9-32-27(37)16-10-19(18-13-17(40(31,38)39)6-8-23(18)35)24(36)20(11-16)26-33-21-7-5-15(25(29)30)12-22(21)34-26/h5-8,10-14,35-36H,2-4,9,28H2,1H3,(H3,29,30)(H,32,37)(H,33,34)(H2,31,38,39). The number of hydrogen-bond acceptors (Lipinski definition) is 8. The number of benzene rings is 3. The first-order chi connectivity index (χ1) is 18.8. The number of nitrogens with two attached hydrogens (primary N) is 3. The van der Waals surface area contributed by atoms with E-state index in [0.29, 0.717) is 29.6 Å². The molecule has 1 aromatic heterocycles. The number of unbranched alkanes of at least 4 members (excludes halogenated alkanes) is 1. The van der Waals surface area contributed by atoms with E-state index in [1.807, 2.05) is 6.92 Å². The monoisotopic (exact) mass is 565 g/mol. The lowest BCUT2D eigenvalue weighted by atomic mass is 9.96. The molecule has 40 heavy (non-hydrogen) atoms. The van der Waals surface area contributed by atoms with E-state index < -0.39 is 15.9 Å². The minimum absolute atomic E-state index is 0.00696. The number of aromatic nitrogens is 2. The number of carbonyl (C=O) groups is 1. The number of H-pyrrole nitrogens is 1. The average molecular weight is 566 g/mol. The van der Waals surface area contributed by atoms with E-state index in [-0.39, 0.29) is 56.4 Å². The quantitative estimate of drug-likeness (QED) is 0.0805. The van der Waals surface area contributed by atoms with Crippen molar-refractivity contribution in [1.29, 1.82) is 5.41 Å². The van der Waals surface area contributed by atoms with Crippen molar-refractivity contribution in [2.24, 2.45) is 16.6 Å². The number of amides is 1. The van der Waals surface area contributed by atoms with E-state index in [2.05, 4.69) is 15.3 Å². The number of nitrogens with one attached hydrogen (secondary N) is 3. The minimum Gasteiger partial charge on any atom is -0.507 e. The van der Waals surface area contributed by atoms with Crippen LogP contribution >= 0.6 is 0 Å². The van der Waals surface area contributed by atoms with E-state index >= 15 is 0 Å². The summed E-state index contributed by atoms with van der Waals surface area (Å²) in [5.74, 6) is -1.07. The van der Waals surface area contributed by atoms with Crippen molar-refractivity contribution in [3.63, 3.8) is 0 Å². The number of aromatic hydroxyl groups is 2. The molecule has 0 saturated heterocycles. The molecule has 11 N–H and O–H groups in total. The van der Waals surface area contributed by atoms with Crippen molar-refractivity contribution < 1.29 is 23.4 Å². The zero-order chi connectivity index (χ0) is 29.2. The third kappa shape index (κ3) is 6.22. The number of rotatable bonds is 10. The number of carbonyl (C=O) groups excluding carboxylic acids is 1. The lowest BCUT2D eigenvalue weighted by Gasteiger charge is -2.14. The van der Waals surface area contributed by atoms with Gasteiger partial charge in [0.05, 0.1) is 21.5 Å². The van der Waals surface area contributed by atoms with Gasteiger partial charge in [-0.2, -0.15) is 0 Å². The van der Waals surface area contributed by atoms with Crippen LogP contribution in [-0.2, 0) is 10.0 Å². The Morgan fingerprint density at radius 1 is 1.05 bits per heavy atom. The van der Waals surface area contributed by atoms with Gasteiger partial charge in [-0.05, 0) is 68.3 Å². The Bertz CT molecular complexity index is 1710. The summed E-state index contributed by atoms with van der Waals surface area (Å²) in [5.41, 5.74) is 13.1. The van der Waals surface area contributed by atoms with Gasteiger partial charge in [0.1, 0.15) is 23.2 Å². The maximum absolute atomic E-state index is 13.2. The molecule has 13 heteroatoms. The molecule has 0 aliphatic heterocycles. The predicted octanol–water partition coefficient (Wildman–Crippen LogP) is 2.49. The summed E-state index contributed by atoms with van der Waals surface area (Å²) < 4.78 is 24.0. The van der Waals surface area contributed by atoms with E-state index in [1.54, 1.807) is 18.2 Å². The van der Waals surface area contributed by atoms with Gasteiger partial charge in [-0.15, -0.1) is 0 Å². The Morgan fingerprint density at radius 2 is 1.77 bits per heavy atom. The molecule has 1 atom stereocenters. The molecule has 12 nitrogen and oxygen atoms in total. The molecule has 0 saturated carbocycles. The summed E-state index contributed by atoms with van der Waals surface area (Å²) in [6.45, 7) is 2.30. The summed E-state index contributed by atoms with van der Waals surface area (Å²) >= 11 is 0. The average Bonchev–Trinajstić information content (AvgIpc) is 3.31. The molecule has 0 bridgehead atoms. The molecule has 0 aliphatic carbocycles. The Kier molecular flexibility index (Phi) is 8.09. The molecule has 1 heterocycles. The van der Waals surface area contributed by atoms with Gasteiger partial charge < -0.3 is 32.0 Å². The molecule has 0 radical (unpaired) electrons. The number of nitrogen functional groups attached to an aromatic ring is 1. The van der Waals surface area contributed by atoms with Gasteiger partial charge in [-0.3, -0.25) is 10.2 Å². The summed E-state index contributed by atoms with van der Waals surface area (Å²) in [6.07, 6.45) is 2.37. The number of imidazole rings is 1. The number of aromatic amines is 1. The number of amidine groups is 1. The van der Waals surface area contributed by atoms with Gasteiger partial charge in [0.2, 0.25) is 10.0 Å². The highest BCUT2D eigenvalue weighted by atomic mass is 32.2. The van der Waals surface area contributed by atoms with Gasteiger partial charge in [-0.25, -0.2) is 18.5 Å². The van der Waals surface area contributed by atoms with Gasteiger partial charge >= 0.3 is 0 Å². The zero-order valence-corrected chi connectivity index (χ0v) is 22.5. The van der Waals surface area contributed by atoms with Gasteiger partial charge in [0.25, 0.3) is 5.91 Å². The topological polar surface area (TPSA) is 234 Å². The normalized spacial score (nSPS) is 12.4. The highest BCUT2D eigenvalue weighted by Crippen LogP contribution is 2.42. The van der Waals surface area contributed by atoms with Crippen LogP contribution in [0.3, 0.4) is 0 Å². The minimum atomic E-state index is -4.13. The molecule has 4 rings (SSSR count). The summed E-state index contributed by atoms with van der Waals surface area (Å²) in [4.78, 5) is 20.5. The van der Waals surface area contributed by atoms with Crippen LogP contribution in [0.15, 0.2) is 53.4 Å². The fourth-order valence-electron chi connectivity index (χ4n) is 4.26. The Morgan fingerprint density at radius 3 is 2.45 bits per heavy atom. The van der Waals surface area contributed by atoms with E-state index in [4.69, 9.17) is 22.0 Å². The number of phenolic OH excluding ortho intramolecular Hbond substituents is 2. The molecule has 4 aromatic rings. The second-order valence-electron chi connectivity index (χ2n) is 9.60. The van der Waals surface area contributed by atoms with Crippen molar-refractivity contribution in [3.8, 4) is 34.0 Å². The summed E-state index contributed by atoms with van der Waals surface area (Å²) in [7, 11) is -4.13. The fourth-order valence-corrected chi connectivity index (χ4v) is 4.80. The zero-order valence-electron chi connectivity index (χ0n) is 21.7. The third-order valence-electron chi connectivity index (χ3n) is 6.38. The molecular formula is C27H31N7O5S. The van der Waals surface area contributed by atoms with Gasteiger partial charge in [0.15, 0.2) is 0 Å². The van der Waals surface area contributed by atoms with Crippen LogP contribution in [0.2, 0.25) is 0 Å². The fraction of sp³-hybridized carbons (Fsp3) is 0.222. The third-order valence-corrected chi connectivity index (χ3v) is 7.29. The summed E-state index contributed by atoms with van der Waals surface area (Å²) in [6, 6.07) is 11.2. The van der Waals surface area contributed by atoms with Crippen LogP contribution in [0.5, 0.6) is 11.5 Å². The highest BCUT2D eigenvalue weighted by molar-refractivity contribution is 7.89. The van der Waals surface area contributed by atoms with Crippen LogP contribution in [-0.4, -0.2) is 52.9 Å². The lowest BCUT2D eigenvalue weighted by molar-refractivity contribution is 0.0953. The highest BCUT2D eigenvalue weighted by Gasteiger charge is 2.22. The van der Waals surface area contributed by atoms with E-state index in [9.17, 15) is 23.4 Å². The van der Waals surface area contributed by atoms with Crippen LogP contribution in [0.25, 0.3) is 33.5 Å². The van der Waals surface area contributed by atoms with Gasteiger partial charge in [0, 0.05) is 34.8 Å². The number of fused-ring (bicyclic) bond motifs is 1. The first-order valence-corrected chi connectivity index (χ1v) is 14.0. The summed E-state index contributed by atoms with van der Waals surface area (Å²) in [5, 5.41) is 37.7. The Hall–Kier alpha value is -4.46. The SMILES string of the molecule is CC(N)CCCCNC(=O)c1cc(-c2nc3ccc(C(=N)N)cc3[nH]2)c(O)c(-c2cc(S(N)(=O)=O)ccc2O)c1. The Labute approximate surface area is 230 Å². The molecule has 1 unspecified atom stereocenters. The molecular weight excluding hydrogens is 534 g/mol. The second-order valence-corrected chi connectivity index (χ2v) is 11.2. The number of nitrogens with zero attached hydrogens (tertiary/aromatic N) is 1. The van der Waals surface area contributed by atoms with Gasteiger partial charge in [-0.1, -0.05) is 6.42 Å². The Balaban J connectivity index is 1.83. The number of sulfonamides is 1. The van der Waals surface area contributed by atoms with Crippen molar-refractivity contribution in [1.82, 2.24) is 15.3 Å². The lowest BCUT2D eigenvalue weighted by Crippen LogP contribution is -2.25. The first-order valence-electron chi connectivity index (χ1n) is 12.5. The van der Waals surface area contributed by atoms with Crippen LogP contribution in [0, 0.1) is 5.41 Å². The van der Waals surface area contributed by atoms with E-state index in [1.165, 1.54) is 12.1 Å². The molecule has 0 spiro atoms. The molecule has 1 amide bonds. The van der Waals surface area contributed by atoms with Crippen LogP contribution in [0.4, 0.5) is 0 Å². The number of hydrogen-bond donors (Lipinski definition) is 8. The largest absolute Gasteiger partial charge is 0.507 e. The molecule has 210 valence electrons. The number of phenols is 2. The van der Waals surface area contributed by atoms with Crippen LogP contribution < -0.4 is 21.9 Å². The van der Waals surface area contributed by atoms with Crippen LogP contribution in [0.1, 0.15) is 42.1 Å². The van der Waals surface area contributed by atoms with Crippen molar-refractivity contribution in [2.75, 3.05) is 6.54 Å². The van der Waals surface area contributed by atoms with Crippen molar-refractivity contribution >= 4 is 32.8 Å². The predicted molar refractivity (Wildman–Crippen MR) is 153 cm³/mol. The molecule has 0 aliphatic rings. The maximum atomic E-state index is 13.2.